The molecule has 7 heteroatoms. The van der Waals surface area contributed by atoms with Crippen LogP contribution in [0.4, 0.5) is 5.69 Å². The summed E-state index contributed by atoms with van der Waals surface area (Å²) >= 11 is 1.59. The van der Waals surface area contributed by atoms with Crippen molar-refractivity contribution in [2.45, 2.75) is 13.5 Å². The van der Waals surface area contributed by atoms with Gasteiger partial charge in [0.1, 0.15) is 23.1 Å². The van der Waals surface area contributed by atoms with Gasteiger partial charge in [-0.25, -0.2) is 4.98 Å². The molecule has 1 aliphatic rings. The van der Waals surface area contributed by atoms with Crippen LogP contribution >= 0.6 is 11.3 Å². The number of benzene rings is 2. The number of carbonyl (C=O) groups excluding carboxylic acids is 1. The summed E-state index contributed by atoms with van der Waals surface area (Å²) in [7, 11) is 1.68. The lowest BCUT2D eigenvalue weighted by atomic mass is 10.1. The van der Waals surface area contributed by atoms with Crippen molar-refractivity contribution in [2.24, 2.45) is 0 Å². The van der Waals surface area contributed by atoms with Crippen molar-refractivity contribution in [3.63, 3.8) is 0 Å². The minimum Gasteiger partial charge on any atom is -0.495 e. The highest BCUT2D eigenvalue weighted by atomic mass is 32.1. The van der Waals surface area contributed by atoms with Crippen LogP contribution in [0, 0.1) is 6.92 Å². The molecule has 1 aliphatic heterocycles. The van der Waals surface area contributed by atoms with Gasteiger partial charge in [-0.2, -0.15) is 0 Å². The predicted molar refractivity (Wildman–Crippen MR) is 119 cm³/mol. The third-order valence-corrected chi connectivity index (χ3v) is 6.06. The van der Waals surface area contributed by atoms with Crippen molar-refractivity contribution < 1.29 is 14.3 Å². The van der Waals surface area contributed by atoms with Crippen molar-refractivity contribution in [1.82, 2.24) is 9.88 Å². The molecule has 0 N–H and O–H groups in total. The molecule has 156 valence electrons. The van der Waals surface area contributed by atoms with Crippen molar-refractivity contribution >= 4 is 22.9 Å². The molecule has 2 heterocycles. The Morgan fingerprint density at radius 3 is 2.47 bits per heavy atom. The highest BCUT2D eigenvalue weighted by Gasteiger charge is 2.23. The highest BCUT2D eigenvalue weighted by molar-refractivity contribution is 7.09. The summed E-state index contributed by atoms with van der Waals surface area (Å²) in [5.74, 6) is 1.65. The molecule has 0 spiro atoms. The number of anilines is 1. The zero-order valence-electron chi connectivity index (χ0n) is 17.2. The largest absolute Gasteiger partial charge is 0.495 e. The van der Waals surface area contributed by atoms with E-state index in [1.165, 1.54) is 0 Å². The second-order valence-electron chi connectivity index (χ2n) is 7.15. The maximum absolute atomic E-state index is 12.9. The zero-order valence-corrected chi connectivity index (χ0v) is 18.0. The second-order valence-corrected chi connectivity index (χ2v) is 8.09. The molecular formula is C23H25N3O3S. The van der Waals surface area contributed by atoms with Crippen molar-refractivity contribution in [3.05, 3.63) is 70.2 Å². The Morgan fingerprint density at radius 1 is 1.07 bits per heavy atom. The molecule has 0 bridgehead atoms. The van der Waals surface area contributed by atoms with Gasteiger partial charge in [0.2, 0.25) is 0 Å². The average Bonchev–Trinajstić information content (AvgIpc) is 3.22. The fourth-order valence-corrected chi connectivity index (χ4v) is 4.21. The van der Waals surface area contributed by atoms with Crippen LogP contribution in [0.5, 0.6) is 11.5 Å². The van der Waals surface area contributed by atoms with Gasteiger partial charge in [-0.05, 0) is 43.3 Å². The summed E-state index contributed by atoms with van der Waals surface area (Å²) in [5, 5.41) is 2.95. The molecule has 30 heavy (non-hydrogen) atoms. The number of ether oxygens (including phenoxy) is 2. The van der Waals surface area contributed by atoms with Gasteiger partial charge in [-0.15, -0.1) is 11.3 Å². The summed E-state index contributed by atoms with van der Waals surface area (Å²) in [6.07, 6.45) is 0. The fraction of sp³-hybridized carbons (Fsp3) is 0.304. The van der Waals surface area contributed by atoms with Crippen molar-refractivity contribution in [2.75, 3.05) is 38.2 Å². The van der Waals surface area contributed by atoms with E-state index in [0.717, 1.165) is 41.0 Å². The Labute approximate surface area is 180 Å². The lowest BCUT2D eigenvalue weighted by Gasteiger charge is -2.36. The Balaban J connectivity index is 1.32. The average molecular weight is 424 g/mol. The number of hydrogen-bond donors (Lipinski definition) is 0. The maximum atomic E-state index is 12.9. The Hall–Kier alpha value is -3.06. The van der Waals surface area contributed by atoms with Crippen LogP contribution in [0.1, 0.15) is 21.1 Å². The molecule has 2 aromatic carbocycles. The van der Waals surface area contributed by atoms with E-state index in [0.29, 0.717) is 25.3 Å². The van der Waals surface area contributed by atoms with E-state index in [-0.39, 0.29) is 5.91 Å². The third-order valence-electron chi connectivity index (χ3n) is 5.12. The number of nitrogens with zero attached hydrogens (tertiary/aromatic N) is 3. The van der Waals surface area contributed by atoms with Gasteiger partial charge >= 0.3 is 0 Å². The summed E-state index contributed by atoms with van der Waals surface area (Å²) in [4.78, 5) is 21.5. The van der Waals surface area contributed by atoms with Gasteiger partial charge in [-0.1, -0.05) is 12.1 Å². The molecule has 0 radical (unpaired) electrons. The first-order chi connectivity index (χ1) is 14.6. The zero-order chi connectivity index (χ0) is 20.9. The number of carbonyl (C=O) groups is 1. The van der Waals surface area contributed by atoms with Gasteiger partial charge in [0.25, 0.3) is 5.91 Å². The predicted octanol–water partition coefficient (Wildman–Crippen LogP) is 4.00. The monoisotopic (exact) mass is 423 g/mol. The number of methoxy groups -OCH3 is 1. The summed E-state index contributed by atoms with van der Waals surface area (Å²) in [6.45, 7) is 5.32. The Morgan fingerprint density at radius 2 is 1.80 bits per heavy atom. The molecule has 3 aromatic rings. The number of amides is 1. The van der Waals surface area contributed by atoms with Crippen LogP contribution in [-0.2, 0) is 6.61 Å². The van der Waals surface area contributed by atoms with Crippen LogP contribution < -0.4 is 14.4 Å². The molecular weight excluding hydrogens is 398 g/mol. The first kappa shape index (κ1) is 20.2. The number of piperazine rings is 1. The molecule has 6 nitrogen and oxygen atoms in total. The minimum atomic E-state index is 0.0526. The second kappa shape index (κ2) is 9.17. The number of aromatic nitrogens is 1. The van der Waals surface area contributed by atoms with Crippen LogP contribution in [0.25, 0.3) is 0 Å². The molecule has 0 unspecified atom stereocenters. The van der Waals surface area contributed by atoms with E-state index in [9.17, 15) is 4.79 Å². The number of hydrogen-bond acceptors (Lipinski definition) is 6. The fourth-order valence-electron chi connectivity index (χ4n) is 3.53. The smallest absolute Gasteiger partial charge is 0.253 e. The van der Waals surface area contributed by atoms with E-state index in [1.807, 2.05) is 59.7 Å². The first-order valence-electron chi connectivity index (χ1n) is 9.95. The number of aryl methyl sites for hydroxylation is 1. The van der Waals surface area contributed by atoms with E-state index < -0.39 is 0 Å². The van der Waals surface area contributed by atoms with E-state index >= 15 is 0 Å². The summed E-state index contributed by atoms with van der Waals surface area (Å²) < 4.78 is 11.2. The van der Waals surface area contributed by atoms with Crippen LogP contribution in [0.2, 0.25) is 0 Å². The van der Waals surface area contributed by atoms with Crippen molar-refractivity contribution in [3.8, 4) is 11.5 Å². The third kappa shape index (κ3) is 4.57. The lowest BCUT2D eigenvalue weighted by molar-refractivity contribution is 0.0746. The van der Waals surface area contributed by atoms with Crippen LogP contribution in [0.3, 0.4) is 0 Å². The molecule has 1 fully saturated rings. The summed E-state index contributed by atoms with van der Waals surface area (Å²) in [5.41, 5.74) is 2.76. The molecule has 0 saturated carbocycles. The molecule has 0 aliphatic carbocycles. The van der Waals surface area contributed by atoms with Gasteiger partial charge in [0, 0.05) is 42.8 Å². The van der Waals surface area contributed by atoms with Crippen molar-refractivity contribution in [1.29, 1.82) is 0 Å². The Kier molecular flexibility index (Phi) is 6.18. The first-order valence-corrected chi connectivity index (χ1v) is 10.8. The molecule has 0 atom stereocenters. The quantitative estimate of drug-likeness (QED) is 0.600. The molecule has 1 amide bonds. The standard InChI is InChI=1S/C23H25N3O3S/c1-17-16-30-22(24-17)15-29-19-9-7-18(8-10-19)23(27)26-13-11-25(12-14-26)20-5-3-4-6-21(20)28-2/h3-10,16H,11-15H2,1-2H3. The highest BCUT2D eigenvalue weighted by Crippen LogP contribution is 2.28. The minimum absolute atomic E-state index is 0.0526. The SMILES string of the molecule is COc1ccccc1N1CCN(C(=O)c2ccc(OCc3nc(C)cs3)cc2)CC1. The molecule has 1 aromatic heterocycles. The number of para-hydroxylation sites is 2. The van der Waals surface area contributed by atoms with E-state index in [4.69, 9.17) is 9.47 Å². The van der Waals surface area contributed by atoms with Gasteiger partial charge < -0.3 is 19.3 Å². The number of thiazole rings is 1. The molecule has 1 saturated heterocycles. The summed E-state index contributed by atoms with van der Waals surface area (Å²) in [6, 6.07) is 15.3. The van der Waals surface area contributed by atoms with E-state index in [1.54, 1.807) is 18.4 Å². The lowest BCUT2D eigenvalue weighted by Crippen LogP contribution is -2.48. The van der Waals surface area contributed by atoms with Gasteiger partial charge in [0.15, 0.2) is 0 Å². The normalized spacial score (nSPS) is 13.9. The number of rotatable bonds is 6. The van der Waals surface area contributed by atoms with Crippen LogP contribution in [0.15, 0.2) is 53.9 Å². The Bertz CT molecular complexity index is 995. The van der Waals surface area contributed by atoms with E-state index in [2.05, 4.69) is 16.0 Å². The topological polar surface area (TPSA) is 54.9 Å². The van der Waals surface area contributed by atoms with Crippen LogP contribution in [-0.4, -0.2) is 49.1 Å². The molecule has 4 rings (SSSR count). The van der Waals surface area contributed by atoms with Gasteiger partial charge in [-0.3, -0.25) is 4.79 Å². The van der Waals surface area contributed by atoms with Gasteiger partial charge in [0.05, 0.1) is 12.8 Å². The maximum Gasteiger partial charge on any atom is 0.253 e.